The Bertz CT molecular complexity index is 316. The second-order valence-corrected chi connectivity index (χ2v) is 6.52. The van der Waals surface area contributed by atoms with Crippen molar-refractivity contribution in [3.05, 3.63) is 16.1 Å². The summed E-state index contributed by atoms with van der Waals surface area (Å²) in [5.41, 5.74) is 1.59. The molecule has 1 aromatic heterocycles. The van der Waals surface area contributed by atoms with E-state index in [-0.39, 0.29) is 5.41 Å². The summed E-state index contributed by atoms with van der Waals surface area (Å²) in [4.78, 5) is 4.82. The molecule has 84 valence electrons. The van der Waals surface area contributed by atoms with Gasteiger partial charge in [0, 0.05) is 16.7 Å². The van der Waals surface area contributed by atoms with E-state index in [1.807, 2.05) is 11.3 Å². The Kier molecular flexibility index (Phi) is 3.15. The summed E-state index contributed by atoms with van der Waals surface area (Å²) in [7, 11) is 0. The minimum absolute atomic E-state index is 0.220. The van der Waals surface area contributed by atoms with Crippen LogP contribution in [0.1, 0.15) is 69.5 Å². The predicted molar refractivity (Wildman–Crippen MR) is 66.6 cm³/mol. The lowest BCUT2D eigenvalue weighted by atomic mass is 9.87. The van der Waals surface area contributed by atoms with Gasteiger partial charge in [-0.25, -0.2) is 4.98 Å². The third-order valence-corrected chi connectivity index (χ3v) is 4.47. The van der Waals surface area contributed by atoms with E-state index in [2.05, 4.69) is 26.2 Å². The normalized spacial score (nSPS) is 19.4. The minimum atomic E-state index is 0.220. The zero-order valence-corrected chi connectivity index (χ0v) is 10.9. The zero-order valence-electron chi connectivity index (χ0n) is 10.0. The molecule has 0 amide bonds. The predicted octanol–water partition coefficient (Wildman–Crippen LogP) is 4.49. The summed E-state index contributed by atoms with van der Waals surface area (Å²) < 4.78 is 0. The zero-order chi connectivity index (χ0) is 10.9. The summed E-state index contributed by atoms with van der Waals surface area (Å²) in [6.45, 7) is 6.74. The summed E-state index contributed by atoms with van der Waals surface area (Å²) >= 11 is 1.84. The molecule has 15 heavy (non-hydrogen) atoms. The molecule has 0 spiro atoms. The maximum atomic E-state index is 4.82. The highest BCUT2D eigenvalue weighted by Crippen LogP contribution is 2.35. The van der Waals surface area contributed by atoms with Gasteiger partial charge in [0.15, 0.2) is 0 Å². The fraction of sp³-hybridized carbons (Fsp3) is 0.769. The molecule has 1 saturated carbocycles. The van der Waals surface area contributed by atoms with E-state index in [0.29, 0.717) is 0 Å². The second kappa shape index (κ2) is 4.25. The molecule has 1 aliphatic rings. The highest BCUT2D eigenvalue weighted by Gasteiger charge is 2.22. The van der Waals surface area contributed by atoms with Crippen LogP contribution in [0.4, 0.5) is 0 Å². The van der Waals surface area contributed by atoms with Crippen LogP contribution < -0.4 is 0 Å². The molecule has 1 aliphatic carbocycles. The van der Waals surface area contributed by atoms with E-state index in [9.17, 15) is 0 Å². The fourth-order valence-corrected chi connectivity index (χ4v) is 3.21. The lowest BCUT2D eigenvalue weighted by Crippen LogP contribution is -2.11. The first-order valence-electron chi connectivity index (χ1n) is 6.03. The highest BCUT2D eigenvalue weighted by atomic mass is 32.1. The topological polar surface area (TPSA) is 12.9 Å². The molecule has 1 heterocycles. The lowest BCUT2D eigenvalue weighted by Gasteiger charge is -2.20. The van der Waals surface area contributed by atoms with Crippen molar-refractivity contribution in [3.8, 4) is 0 Å². The highest BCUT2D eigenvalue weighted by molar-refractivity contribution is 7.09. The van der Waals surface area contributed by atoms with Crippen LogP contribution in [0.5, 0.6) is 0 Å². The number of rotatable bonds is 1. The van der Waals surface area contributed by atoms with Crippen LogP contribution in [0.15, 0.2) is 5.38 Å². The van der Waals surface area contributed by atoms with Gasteiger partial charge < -0.3 is 0 Å². The molecule has 2 heteroatoms. The first-order chi connectivity index (χ1) is 7.07. The summed E-state index contributed by atoms with van der Waals surface area (Å²) in [5, 5.41) is 3.58. The van der Waals surface area contributed by atoms with Gasteiger partial charge in [0.1, 0.15) is 0 Å². The molecule has 1 aromatic rings. The average molecular weight is 223 g/mol. The van der Waals surface area contributed by atoms with Crippen molar-refractivity contribution in [2.45, 2.75) is 64.2 Å². The maximum absolute atomic E-state index is 4.82. The third kappa shape index (κ3) is 2.60. The van der Waals surface area contributed by atoms with Crippen molar-refractivity contribution in [2.75, 3.05) is 0 Å². The Morgan fingerprint density at radius 1 is 1.20 bits per heavy atom. The minimum Gasteiger partial charge on any atom is -0.245 e. The number of hydrogen-bond donors (Lipinski definition) is 0. The summed E-state index contributed by atoms with van der Waals surface area (Å²) in [5.74, 6) is 0.756. The van der Waals surface area contributed by atoms with Gasteiger partial charge in [-0.1, -0.05) is 40.0 Å². The van der Waals surface area contributed by atoms with Crippen LogP contribution in [0, 0.1) is 0 Å². The van der Waals surface area contributed by atoms with E-state index in [1.165, 1.54) is 42.8 Å². The largest absolute Gasteiger partial charge is 0.245 e. The summed E-state index contributed by atoms with van der Waals surface area (Å²) in [6.07, 6.45) is 6.92. The first-order valence-corrected chi connectivity index (χ1v) is 6.91. The maximum Gasteiger partial charge on any atom is 0.0981 e. The quantitative estimate of drug-likeness (QED) is 0.683. The molecule has 1 nitrogen and oxygen atoms in total. The Balaban J connectivity index is 2.12. The van der Waals surface area contributed by atoms with Gasteiger partial charge in [-0.15, -0.1) is 11.3 Å². The van der Waals surface area contributed by atoms with E-state index < -0.39 is 0 Å². The van der Waals surface area contributed by atoms with E-state index >= 15 is 0 Å². The van der Waals surface area contributed by atoms with E-state index in [1.54, 1.807) is 0 Å². The van der Waals surface area contributed by atoms with Gasteiger partial charge in [-0.05, 0) is 12.8 Å². The van der Waals surface area contributed by atoms with Crippen molar-refractivity contribution in [1.82, 2.24) is 4.98 Å². The van der Waals surface area contributed by atoms with Crippen molar-refractivity contribution < 1.29 is 0 Å². The molecule has 0 radical (unpaired) electrons. The third-order valence-electron chi connectivity index (χ3n) is 3.19. The van der Waals surface area contributed by atoms with Gasteiger partial charge in [0.05, 0.1) is 10.7 Å². The van der Waals surface area contributed by atoms with Crippen LogP contribution in [-0.2, 0) is 5.41 Å². The standard InChI is InChI=1S/C13H21NS/c1-13(2,3)12-14-11(9-15-12)10-7-5-4-6-8-10/h9-10H,4-8H2,1-3H3. The van der Waals surface area contributed by atoms with Crippen LogP contribution >= 0.6 is 11.3 Å². The van der Waals surface area contributed by atoms with Gasteiger partial charge in [-0.2, -0.15) is 0 Å². The Morgan fingerprint density at radius 3 is 2.40 bits per heavy atom. The molecule has 0 atom stereocenters. The SMILES string of the molecule is CC(C)(C)c1nc(C2CCCCC2)cs1. The Morgan fingerprint density at radius 2 is 1.87 bits per heavy atom. The van der Waals surface area contributed by atoms with Crippen LogP contribution in [-0.4, -0.2) is 4.98 Å². The molecule has 2 rings (SSSR count). The first kappa shape index (κ1) is 11.1. The number of thiazole rings is 1. The van der Waals surface area contributed by atoms with Crippen LogP contribution in [0.3, 0.4) is 0 Å². The smallest absolute Gasteiger partial charge is 0.0981 e. The van der Waals surface area contributed by atoms with Gasteiger partial charge in [0.25, 0.3) is 0 Å². The fourth-order valence-electron chi connectivity index (χ4n) is 2.22. The van der Waals surface area contributed by atoms with Crippen molar-refractivity contribution >= 4 is 11.3 Å². The number of hydrogen-bond acceptors (Lipinski definition) is 2. The van der Waals surface area contributed by atoms with Crippen molar-refractivity contribution in [2.24, 2.45) is 0 Å². The van der Waals surface area contributed by atoms with Crippen LogP contribution in [0.2, 0.25) is 0 Å². The number of aromatic nitrogens is 1. The molecule has 0 aromatic carbocycles. The second-order valence-electron chi connectivity index (χ2n) is 5.66. The van der Waals surface area contributed by atoms with E-state index in [0.717, 1.165) is 5.92 Å². The molecular weight excluding hydrogens is 202 g/mol. The van der Waals surface area contributed by atoms with Gasteiger partial charge in [-0.3, -0.25) is 0 Å². The van der Waals surface area contributed by atoms with Crippen LogP contribution in [0.25, 0.3) is 0 Å². The summed E-state index contributed by atoms with van der Waals surface area (Å²) in [6, 6.07) is 0. The van der Waals surface area contributed by atoms with E-state index in [4.69, 9.17) is 4.98 Å². The van der Waals surface area contributed by atoms with Crippen molar-refractivity contribution in [1.29, 1.82) is 0 Å². The number of nitrogens with zero attached hydrogens (tertiary/aromatic N) is 1. The lowest BCUT2D eigenvalue weighted by molar-refractivity contribution is 0.436. The Labute approximate surface area is 96.9 Å². The molecule has 0 aliphatic heterocycles. The molecule has 0 bridgehead atoms. The Hall–Kier alpha value is -0.370. The monoisotopic (exact) mass is 223 g/mol. The molecule has 0 N–H and O–H groups in total. The van der Waals surface area contributed by atoms with Crippen molar-refractivity contribution in [3.63, 3.8) is 0 Å². The molecular formula is C13H21NS. The molecule has 0 saturated heterocycles. The van der Waals surface area contributed by atoms with Gasteiger partial charge >= 0.3 is 0 Å². The molecule has 1 fully saturated rings. The molecule has 0 unspecified atom stereocenters. The average Bonchev–Trinajstić information content (AvgIpc) is 2.67. The van der Waals surface area contributed by atoms with Gasteiger partial charge in [0.2, 0.25) is 0 Å².